The minimum atomic E-state index is -0.700. The number of nitro benzene ring substituents is 2. The number of hydrogen-bond donors (Lipinski definition) is 0. The summed E-state index contributed by atoms with van der Waals surface area (Å²) in [6, 6.07) is 18.0. The van der Waals surface area contributed by atoms with Crippen molar-refractivity contribution in [2.24, 2.45) is 0 Å². The quantitative estimate of drug-likeness (QED) is 0.259. The normalized spacial score (nSPS) is 10.8. The van der Waals surface area contributed by atoms with Crippen molar-refractivity contribution in [3.63, 3.8) is 0 Å². The molecule has 0 saturated heterocycles. The van der Waals surface area contributed by atoms with Crippen molar-refractivity contribution >= 4 is 27.3 Å². The first kappa shape index (κ1) is 20.4. The lowest BCUT2D eigenvalue weighted by atomic mass is 10.1. The summed E-state index contributed by atoms with van der Waals surface area (Å²) in [6.45, 7) is 0. The second-order valence-electron chi connectivity index (χ2n) is 6.53. The molecule has 0 saturated carbocycles. The van der Waals surface area contributed by atoms with E-state index in [1.54, 1.807) is 6.07 Å². The first-order chi connectivity index (χ1) is 14.8. The Kier molecular flexibility index (Phi) is 5.30. The first-order valence-electron chi connectivity index (χ1n) is 8.88. The van der Waals surface area contributed by atoms with Gasteiger partial charge in [0, 0.05) is 21.7 Å². The van der Waals surface area contributed by atoms with E-state index in [4.69, 9.17) is 0 Å². The van der Waals surface area contributed by atoms with Gasteiger partial charge in [-0.15, -0.1) is 0 Å². The maximum absolute atomic E-state index is 13.4. The van der Waals surface area contributed by atoms with Crippen LogP contribution < -0.4 is 0 Å². The molecule has 0 spiro atoms. The van der Waals surface area contributed by atoms with E-state index >= 15 is 0 Å². The van der Waals surface area contributed by atoms with Crippen molar-refractivity contribution in [1.82, 2.24) is 9.78 Å². The molecule has 0 radical (unpaired) electrons. The van der Waals surface area contributed by atoms with Crippen LogP contribution in [0.4, 0.5) is 15.8 Å². The molecule has 154 valence electrons. The number of nitrogens with zero attached hydrogens (tertiary/aromatic N) is 4. The van der Waals surface area contributed by atoms with Crippen LogP contribution in [0.25, 0.3) is 28.2 Å². The Morgan fingerprint density at radius 2 is 1.48 bits per heavy atom. The molecule has 0 unspecified atom stereocenters. The molecule has 0 aliphatic heterocycles. The Labute approximate surface area is 183 Å². The van der Waals surface area contributed by atoms with E-state index in [1.165, 1.54) is 41.1 Å². The van der Waals surface area contributed by atoms with Crippen LogP contribution in [0.15, 0.2) is 77.3 Å². The second kappa shape index (κ2) is 8.07. The van der Waals surface area contributed by atoms with Crippen molar-refractivity contribution in [3.05, 3.63) is 103 Å². The molecule has 3 aromatic carbocycles. The third-order valence-electron chi connectivity index (χ3n) is 4.58. The Morgan fingerprint density at radius 1 is 0.839 bits per heavy atom. The zero-order chi connectivity index (χ0) is 22.1. The lowest BCUT2D eigenvalue weighted by Gasteiger charge is -2.08. The first-order valence-corrected chi connectivity index (χ1v) is 9.68. The van der Waals surface area contributed by atoms with Crippen LogP contribution in [0, 0.1) is 26.0 Å². The molecule has 0 N–H and O–H groups in total. The summed E-state index contributed by atoms with van der Waals surface area (Å²) >= 11 is 3.37. The van der Waals surface area contributed by atoms with Gasteiger partial charge in [-0.05, 0) is 48.5 Å². The SMILES string of the molecule is O=[N+]([O-])c1ccc(-n2nc(-c3ccc(Br)cc3)cc2-c2ccc(F)cc2)c([N+](=O)[O-])c1. The van der Waals surface area contributed by atoms with Gasteiger partial charge in [-0.2, -0.15) is 5.10 Å². The number of hydrogen-bond acceptors (Lipinski definition) is 5. The monoisotopic (exact) mass is 482 g/mol. The van der Waals surface area contributed by atoms with Crippen molar-refractivity contribution in [1.29, 1.82) is 0 Å². The van der Waals surface area contributed by atoms with Gasteiger partial charge >= 0.3 is 5.69 Å². The van der Waals surface area contributed by atoms with Gasteiger partial charge in [-0.25, -0.2) is 9.07 Å². The van der Waals surface area contributed by atoms with Crippen molar-refractivity contribution in [2.75, 3.05) is 0 Å². The van der Waals surface area contributed by atoms with E-state index in [2.05, 4.69) is 21.0 Å². The highest BCUT2D eigenvalue weighted by Crippen LogP contribution is 2.34. The Balaban J connectivity index is 1.96. The molecule has 4 rings (SSSR count). The van der Waals surface area contributed by atoms with Crippen LogP contribution in [0.2, 0.25) is 0 Å². The highest BCUT2D eigenvalue weighted by atomic mass is 79.9. The van der Waals surface area contributed by atoms with Crippen LogP contribution in [-0.4, -0.2) is 19.6 Å². The molecule has 10 heteroatoms. The zero-order valence-corrected chi connectivity index (χ0v) is 17.2. The van der Waals surface area contributed by atoms with E-state index in [0.29, 0.717) is 17.0 Å². The average molecular weight is 483 g/mol. The largest absolute Gasteiger partial charge is 0.301 e. The van der Waals surface area contributed by atoms with Gasteiger partial charge in [-0.1, -0.05) is 28.1 Å². The summed E-state index contributed by atoms with van der Waals surface area (Å²) in [5.41, 5.74) is 1.51. The minimum absolute atomic E-state index is 0.0540. The number of rotatable bonds is 5. The standard InChI is InChI=1S/C21H12BrFN4O4/c22-15-5-1-13(2-6-15)18-12-20(14-3-7-16(23)8-4-14)25(24-18)19-10-9-17(26(28)29)11-21(19)27(30)31/h1-12H. The number of nitro groups is 2. The summed E-state index contributed by atoms with van der Waals surface area (Å²) < 4.78 is 15.7. The number of benzene rings is 3. The molecule has 0 fully saturated rings. The summed E-state index contributed by atoms with van der Waals surface area (Å²) in [7, 11) is 0. The Morgan fingerprint density at radius 3 is 2.10 bits per heavy atom. The maximum Gasteiger partial charge on any atom is 0.301 e. The van der Waals surface area contributed by atoms with E-state index < -0.39 is 27.0 Å². The smallest absolute Gasteiger partial charge is 0.258 e. The lowest BCUT2D eigenvalue weighted by molar-refractivity contribution is -0.394. The molecule has 1 aromatic heterocycles. The maximum atomic E-state index is 13.4. The van der Waals surface area contributed by atoms with Gasteiger partial charge in [0.05, 0.1) is 27.3 Å². The number of non-ortho nitro benzene ring substituents is 1. The van der Waals surface area contributed by atoms with Crippen LogP contribution in [0.5, 0.6) is 0 Å². The number of halogens is 2. The van der Waals surface area contributed by atoms with Gasteiger partial charge in [-0.3, -0.25) is 20.2 Å². The fourth-order valence-electron chi connectivity index (χ4n) is 3.10. The van der Waals surface area contributed by atoms with Gasteiger partial charge in [0.25, 0.3) is 5.69 Å². The van der Waals surface area contributed by atoms with Crippen molar-refractivity contribution < 1.29 is 14.2 Å². The second-order valence-corrected chi connectivity index (χ2v) is 7.44. The molecule has 4 aromatic rings. The summed E-state index contributed by atoms with van der Waals surface area (Å²) in [5, 5.41) is 27.3. The highest BCUT2D eigenvalue weighted by Gasteiger charge is 2.24. The molecule has 0 amide bonds. The summed E-state index contributed by atoms with van der Waals surface area (Å²) in [6.07, 6.45) is 0. The molecule has 0 aliphatic rings. The van der Waals surface area contributed by atoms with Crippen LogP contribution in [-0.2, 0) is 0 Å². The predicted octanol–water partition coefficient (Wildman–Crippen LogP) is 5.92. The lowest BCUT2D eigenvalue weighted by Crippen LogP contribution is -2.04. The van der Waals surface area contributed by atoms with Crippen LogP contribution >= 0.6 is 15.9 Å². The zero-order valence-electron chi connectivity index (χ0n) is 15.6. The van der Waals surface area contributed by atoms with Crippen LogP contribution in [0.3, 0.4) is 0 Å². The number of aromatic nitrogens is 2. The highest BCUT2D eigenvalue weighted by molar-refractivity contribution is 9.10. The molecule has 0 atom stereocenters. The average Bonchev–Trinajstić information content (AvgIpc) is 3.19. The fraction of sp³-hybridized carbons (Fsp3) is 0. The third-order valence-corrected chi connectivity index (χ3v) is 5.11. The van der Waals surface area contributed by atoms with Crippen molar-refractivity contribution in [3.8, 4) is 28.2 Å². The van der Waals surface area contributed by atoms with Gasteiger partial charge in [0.2, 0.25) is 0 Å². The molecule has 8 nitrogen and oxygen atoms in total. The molecular weight excluding hydrogens is 471 g/mol. The fourth-order valence-corrected chi connectivity index (χ4v) is 3.37. The Hall–Kier alpha value is -3.92. The predicted molar refractivity (Wildman–Crippen MR) is 115 cm³/mol. The van der Waals surface area contributed by atoms with Crippen molar-refractivity contribution in [2.45, 2.75) is 0 Å². The summed E-state index contributed by atoms with van der Waals surface area (Å²) in [4.78, 5) is 21.3. The Bertz CT molecular complexity index is 1300. The molecule has 1 heterocycles. The summed E-state index contributed by atoms with van der Waals surface area (Å²) in [5.74, 6) is -0.427. The van der Waals surface area contributed by atoms with E-state index in [1.807, 2.05) is 24.3 Å². The minimum Gasteiger partial charge on any atom is -0.258 e. The van der Waals surface area contributed by atoms with E-state index in [0.717, 1.165) is 16.1 Å². The molecule has 31 heavy (non-hydrogen) atoms. The molecule has 0 bridgehead atoms. The third kappa shape index (κ3) is 4.05. The van der Waals surface area contributed by atoms with Crippen LogP contribution in [0.1, 0.15) is 0 Å². The van der Waals surface area contributed by atoms with E-state index in [9.17, 15) is 24.6 Å². The topological polar surface area (TPSA) is 104 Å². The van der Waals surface area contributed by atoms with E-state index in [-0.39, 0.29) is 5.69 Å². The van der Waals surface area contributed by atoms with Gasteiger partial charge in [0.15, 0.2) is 0 Å². The molecule has 0 aliphatic carbocycles. The molecular formula is C21H12BrFN4O4. The van der Waals surface area contributed by atoms with Gasteiger partial charge in [0.1, 0.15) is 11.5 Å². The van der Waals surface area contributed by atoms with Gasteiger partial charge < -0.3 is 0 Å².